The van der Waals surface area contributed by atoms with Crippen LogP contribution in [0.15, 0.2) is 18.2 Å². The van der Waals surface area contributed by atoms with Crippen LogP contribution in [0, 0.1) is 11.7 Å². The Morgan fingerprint density at radius 1 is 1.38 bits per heavy atom. The molecule has 0 fully saturated rings. The molecule has 0 saturated carbocycles. The first-order valence-electron chi connectivity index (χ1n) is 7.36. The molecule has 1 amide bonds. The molecule has 0 aliphatic heterocycles. The third kappa shape index (κ3) is 4.43. The van der Waals surface area contributed by atoms with Crippen molar-refractivity contribution in [3.05, 3.63) is 24.0 Å². The highest BCUT2D eigenvalue weighted by Crippen LogP contribution is 2.23. The zero-order valence-corrected chi connectivity index (χ0v) is 13.5. The maximum absolute atomic E-state index is 14.1. The Morgan fingerprint density at radius 3 is 2.48 bits per heavy atom. The van der Waals surface area contributed by atoms with E-state index in [1.54, 1.807) is 12.1 Å². The fraction of sp³-hybridized carbons (Fsp3) is 0.562. The lowest BCUT2D eigenvalue weighted by atomic mass is 9.99. The highest BCUT2D eigenvalue weighted by molar-refractivity contribution is 5.95. The summed E-state index contributed by atoms with van der Waals surface area (Å²) in [5.41, 5.74) is 6.80. The molecule has 118 valence electrons. The van der Waals surface area contributed by atoms with Gasteiger partial charge in [0.1, 0.15) is 5.82 Å². The quantitative estimate of drug-likeness (QED) is 0.848. The van der Waals surface area contributed by atoms with Crippen molar-refractivity contribution in [2.24, 2.45) is 11.7 Å². The number of amides is 1. The lowest BCUT2D eigenvalue weighted by molar-refractivity contribution is -0.118. The van der Waals surface area contributed by atoms with E-state index in [4.69, 9.17) is 5.73 Å². The summed E-state index contributed by atoms with van der Waals surface area (Å²) in [5.74, 6) is -0.559. The lowest BCUT2D eigenvalue weighted by Crippen LogP contribution is -2.40. The summed E-state index contributed by atoms with van der Waals surface area (Å²) in [4.78, 5) is 13.8. The minimum Gasteiger partial charge on any atom is -0.370 e. The molecule has 2 atom stereocenters. The molecule has 0 aliphatic rings. The Hall–Kier alpha value is -1.62. The second kappa shape index (κ2) is 7.41. The van der Waals surface area contributed by atoms with E-state index in [-0.39, 0.29) is 23.7 Å². The van der Waals surface area contributed by atoms with E-state index in [1.807, 2.05) is 39.6 Å². The second-order valence-electron chi connectivity index (χ2n) is 5.77. The summed E-state index contributed by atoms with van der Waals surface area (Å²) < 4.78 is 14.1. The van der Waals surface area contributed by atoms with Crippen LogP contribution in [0.5, 0.6) is 0 Å². The van der Waals surface area contributed by atoms with Gasteiger partial charge in [0, 0.05) is 18.8 Å². The molecule has 0 spiro atoms. The predicted octanol–water partition coefficient (Wildman–Crippen LogP) is 2.98. The van der Waals surface area contributed by atoms with Crippen LogP contribution in [0.4, 0.5) is 15.8 Å². The molecular formula is C16H26FN3O. The third-order valence-electron chi connectivity index (χ3n) is 3.93. The van der Waals surface area contributed by atoms with E-state index in [0.717, 1.165) is 6.42 Å². The molecular weight excluding hydrogens is 269 g/mol. The van der Waals surface area contributed by atoms with E-state index in [2.05, 4.69) is 5.32 Å². The van der Waals surface area contributed by atoms with Crippen LogP contribution in [-0.4, -0.2) is 25.0 Å². The third-order valence-corrected chi connectivity index (χ3v) is 3.93. The van der Waals surface area contributed by atoms with Crippen LogP contribution in [-0.2, 0) is 4.79 Å². The van der Waals surface area contributed by atoms with Gasteiger partial charge in [-0.15, -0.1) is 0 Å². The van der Waals surface area contributed by atoms with Crippen LogP contribution in [0.25, 0.3) is 0 Å². The number of benzene rings is 1. The molecule has 0 radical (unpaired) electrons. The van der Waals surface area contributed by atoms with Crippen LogP contribution < -0.4 is 16.0 Å². The SMILES string of the molecule is CCC(C)C(N)C(=O)Nc1ccc(N(C)C(C)C)c(F)c1. The monoisotopic (exact) mass is 295 g/mol. The van der Waals surface area contributed by atoms with Gasteiger partial charge in [-0.25, -0.2) is 4.39 Å². The van der Waals surface area contributed by atoms with Gasteiger partial charge in [0.2, 0.25) is 5.91 Å². The minimum absolute atomic E-state index is 0.0844. The molecule has 0 bridgehead atoms. The lowest BCUT2D eigenvalue weighted by Gasteiger charge is -2.24. The summed E-state index contributed by atoms with van der Waals surface area (Å²) in [7, 11) is 1.83. The summed E-state index contributed by atoms with van der Waals surface area (Å²) in [6, 6.07) is 4.29. The first-order chi connectivity index (χ1) is 9.77. The normalized spacial score (nSPS) is 13.9. The first kappa shape index (κ1) is 17.4. The number of carbonyl (C=O) groups is 1. The largest absolute Gasteiger partial charge is 0.370 e. The van der Waals surface area contributed by atoms with Gasteiger partial charge in [-0.1, -0.05) is 20.3 Å². The van der Waals surface area contributed by atoms with Gasteiger partial charge in [-0.2, -0.15) is 0 Å². The maximum Gasteiger partial charge on any atom is 0.241 e. The first-order valence-corrected chi connectivity index (χ1v) is 7.36. The number of carbonyl (C=O) groups excluding carboxylic acids is 1. The summed E-state index contributed by atoms with van der Waals surface area (Å²) >= 11 is 0. The number of halogens is 1. The minimum atomic E-state index is -0.587. The summed E-state index contributed by atoms with van der Waals surface area (Å²) in [6.45, 7) is 7.88. The van der Waals surface area contributed by atoms with Gasteiger partial charge < -0.3 is 16.0 Å². The maximum atomic E-state index is 14.1. The van der Waals surface area contributed by atoms with Crippen molar-refractivity contribution in [1.82, 2.24) is 0 Å². The number of rotatable bonds is 6. The fourth-order valence-electron chi connectivity index (χ4n) is 1.89. The molecule has 4 nitrogen and oxygen atoms in total. The van der Waals surface area contributed by atoms with Gasteiger partial charge in [-0.05, 0) is 38.0 Å². The predicted molar refractivity (Wildman–Crippen MR) is 86.0 cm³/mol. The summed E-state index contributed by atoms with van der Waals surface area (Å²) in [5, 5.41) is 2.67. The molecule has 5 heteroatoms. The van der Waals surface area contributed by atoms with Crippen molar-refractivity contribution in [1.29, 1.82) is 0 Å². The van der Waals surface area contributed by atoms with E-state index in [9.17, 15) is 9.18 Å². The number of nitrogens with zero attached hydrogens (tertiary/aromatic N) is 1. The fourth-order valence-corrected chi connectivity index (χ4v) is 1.89. The average molecular weight is 295 g/mol. The number of nitrogens with two attached hydrogens (primary N) is 1. The van der Waals surface area contributed by atoms with Crippen molar-refractivity contribution in [3.8, 4) is 0 Å². The van der Waals surface area contributed by atoms with E-state index in [1.165, 1.54) is 6.07 Å². The van der Waals surface area contributed by atoms with Crippen LogP contribution in [0.1, 0.15) is 34.1 Å². The number of hydrogen-bond donors (Lipinski definition) is 2. The second-order valence-corrected chi connectivity index (χ2v) is 5.77. The Labute approximate surface area is 126 Å². The molecule has 3 N–H and O–H groups in total. The van der Waals surface area contributed by atoms with E-state index < -0.39 is 6.04 Å². The Balaban J connectivity index is 2.83. The number of nitrogens with one attached hydrogen (secondary N) is 1. The zero-order chi connectivity index (χ0) is 16.2. The van der Waals surface area contributed by atoms with Gasteiger partial charge >= 0.3 is 0 Å². The van der Waals surface area contributed by atoms with Crippen molar-refractivity contribution in [2.45, 2.75) is 46.2 Å². The molecule has 1 aromatic rings. The van der Waals surface area contributed by atoms with Crippen molar-refractivity contribution >= 4 is 17.3 Å². The smallest absolute Gasteiger partial charge is 0.241 e. The molecule has 0 saturated heterocycles. The van der Waals surface area contributed by atoms with E-state index >= 15 is 0 Å². The average Bonchev–Trinajstić information content (AvgIpc) is 2.44. The van der Waals surface area contributed by atoms with Crippen LogP contribution in [0.3, 0.4) is 0 Å². The van der Waals surface area contributed by atoms with Crippen LogP contribution in [0.2, 0.25) is 0 Å². The molecule has 2 unspecified atom stereocenters. The van der Waals surface area contributed by atoms with Gasteiger partial charge in [0.25, 0.3) is 0 Å². The molecule has 0 aromatic heterocycles. The number of hydrogen-bond acceptors (Lipinski definition) is 3. The molecule has 1 aromatic carbocycles. The molecule has 0 aliphatic carbocycles. The van der Waals surface area contributed by atoms with Gasteiger partial charge in [0.15, 0.2) is 0 Å². The topological polar surface area (TPSA) is 58.4 Å². The highest BCUT2D eigenvalue weighted by atomic mass is 19.1. The Bertz CT molecular complexity index is 490. The summed E-state index contributed by atoms with van der Waals surface area (Å²) in [6.07, 6.45) is 0.821. The Morgan fingerprint density at radius 2 is 2.00 bits per heavy atom. The van der Waals surface area contributed by atoms with Crippen molar-refractivity contribution in [2.75, 3.05) is 17.3 Å². The molecule has 1 rings (SSSR count). The van der Waals surface area contributed by atoms with Crippen LogP contribution >= 0.6 is 0 Å². The highest BCUT2D eigenvalue weighted by Gasteiger charge is 2.20. The Kier molecular flexibility index (Phi) is 6.15. The van der Waals surface area contributed by atoms with E-state index in [0.29, 0.717) is 11.4 Å². The number of anilines is 2. The van der Waals surface area contributed by atoms with Crippen molar-refractivity contribution < 1.29 is 9.18 Å². The standard InChI is InChI=1S/C16H26FN3O/c1-6-11(4)15(18)16(21)19-12-7-8-14(13(17)9-12)20(5)10(2)3/h7-11,15H,6,18H2,1-5H3,(H,19,21). The molecule has 0 heterocycles. The molecule has 21 heavy (non-hydrogen) atoms. The zero-order valence-electron chi connectivity index (χ0n) is 13.5. The van der Waals surface area contributed by atoms with Crippen molar-refractivity contribution in [3.63, 3.8) is 0 Å². The van der Waals surface area contributed by atoms with Gasteiger partial charge in [0.05, 0.1) is 11.7 Å². The van der Waals surface area contributed by atoms with Gasteiger partial charge in [-0.3, -0.25) is 4.79 Å².